The second-order valence-electron chi connectivity index (χ2n) is 5.50. The van der Waals surface area contributed by atoms with Gasteiger partial charge < -0.3 is 5.32 Å². The van der Waals surface area contributed by atoms with E-state index in [0.717, 1.165) is 35.6 Å². The predicted octanol–water partition coefficient (Wildman–Crippen LogP) is 1.74. The summed E-state index contributed by atoms with van der Waals surface area (Å²) >= 11 is 0. The van der Waals surface area contributed by atoms with Gasteiger partial charge >= 0.3 is 0 Å². The Morgan fingerprint density at radius 2 is 2.04 bits per heavy atom. The Hall–Kier alpha value is -1.58. The van der Waals surface area contributed by atoms with Gasteiger partial charge in [0.15, 0.2) is 4.90 Å². The highest BCUT2D eigenvalue weighted by Crippen LogP contribution is 2.31. The Balaban J connectivity index is 2.23. The summed E-state index contributed by atoms with van der Waals surface area (Å²) < 4.78 is 40.4. The average Bonchev–Trinajstić information content (AvgIpc) is 2.52. The summed E-state index contributed by atoms with van der Waals surface area (Å²) in [6.07, 6.45) is 1.29. The van der Waals surface area contributed by atoms with Crippen LogP contribution in [0.15, 0.2) is 23.1 Å². The zero-order valence-corrected chi connectivity index (χ0v) is 13.7. The smallest absolute Gasteiger partial charge is 0.292 e. The maximum atomic E-state index is 14.0. The topological polar surface area (TPSA) is 92.6 Å². The molecule has 1 heterocycles. The van der Waals surface area contributed by atoms with Crippen LogP contribution in [0, 0.1) is 21.8 Å². The lowest BCUT2D eigenvalue weighted by molar-refractivity contribution is -0.388. The minimum Gasteiger partial charge on any atom is -0.317 e. The first-order valence-electron chi connectivity index (χ1n) is 7.51. The van der Waals surface area contributed by atoms with Gasteiger partial charge in [-0.15, -0.1) is 0 Å². The molecular weight excluding hydrogens is 325 g/mol. The highest BCUT2D eigenvalue weighted by molar-refractivity contribution is 7.89. The molecule has 1 N–H and O–H groups in total. The fourth-order valence-electron chi connectivity index (χ4n) is 2.73. The molecule has 0 radical (unpaired) electrons. The summed E-state index contributed by atoms with van der Waals surface area (Å²) in [7, 11) is -4.22. The van der Waals surface area contributed by atoms with Crippen molar-refractivity contribution in [2.45, 2.75) is 24.7 Å². The van der Waals surface area contributed by atoms with E-state index in [1.165, 1.54) is 0 Å². The lowest BCUT2D eigenvalue weighted by Crippen LogP contribution is -2.41. The van der Waals surface area contributed by atoms with E-state index >= 15 is 0 Å². The van der Waals surface area contributed by atoms with E-state index in [9.17, 15) is 22.9 Å². The van der Waals surface area contributed by atoms with Crippen LogP contribution in [0.2, 0.25) is 0 Å². The molecule has 9 heteroatoms. The minimum absolute atomic E-state index is 0.240. The lowest BCUT2D eigenvalue weighted by Gasteiger charge is -2.31. The fraction of sp³-hybridized carbons (Fsp3) is 0.571. The van der Waals surface area contributed by atoms with Crippen LogP contribution in [0.5, 0.6) is 0 Å². The molecule has 0 unspecified atom stereocenters. The first-order valence-corrected chi connectivity index (χ1v) is 8.95. The van der Waals surface area contributed by atoms with Crippen molar-refractivity contribution in [2.24, 2.45) is 5.92 Å². The number of nitrogens with zero attached hydrogens (tertiary/aromatic N) is 2. The van der Waals surface area contributed by atoms with Gasteiger partial charge in [-0.3, -0.25) is 10.1 Å². The summed E-state index contributed by atoms with van der Waals surface area (Å²) in [5, 5.41) is 14.2. The highest BCUT2D eigenvalue weighted by Gasteiger charge is 2.36. The third-order valence-electron chi connectivity index (χ3n) is 4.00. The van der Waals surface area contributed by atoms with Crippen molar-refractivity contribution in [3.8, 4) is 0 Å². The van der Waals surface area contributed by atoms with E-state index in [1.807, 2.05) is 6.92 Å². The molecule has 1 aliphatic rings. The second kappa shape index (κ2) is 7.33. The van der Waals surface area contributed by atoms with E-state index in [-0.39, 0.29) is 13.1 Å². The van der Waals surface area contributed by atoms with Gasteiger partial charge in [0.1, 0.15) is 5.82 Å². The third kappa shape index (κ3) is 3.85. The Morgan fingerprint density at radius 3 is 2.61 bits per heavy atom. The number of rotatable bonds is 6. The van der Waals surface area contributed by atoms with Crippen LogP contribution in [0.1, 0.15) is 19.8 Å². The van der Waals surface area contributed by atoms with E-state index in [2.05, 4.69) is 5.32 Å². The molecule has 0 bridgehead atoms. The molecule has 0 aromatic heterocycles. The van der Waals surface area contributed by atoms with Gasteiger partial charge in [0.05, 0.1) is 4.92 Å². The Bertz CT molecular complexity index is 673. The molecule has 1 aliphatic heterocycles. The molecule has 0 amide bonds. The van der Waals surface area contributed by atoms with Crippen LogP contribution in [-0.2, 0) is 10.0 Å². The Morgan fingerprint density at radius 1 is 1.39 bits per heavy atom. The third-order valence-corrected chi connectivity index (χ3v) is 5.96. The standard InChI is InChI=1S/C14H20FN3O4S/c1-2-16-10-11-6-8-17(9-7-11)23(21,22)14-12(15)4-3-5-13(14)18(19)20/h3-5,11,16H,2,6-10H2,1H3. The number of sulfonamides is 1. The SMILES string of the molecule is CCNCC1CCN(S(=O)(=O)c2c(F)cccc2[N+](=O)[O-])CC1. The Labute approximate surface area is 134 Å². The molecular formula is C14H20FN3O4S. The minimum atomic E-state index is -4.22. The quantitative estimate of drug-likeness (QED) is 0.626. The first-order chi connectivity index (χ1) is 10.9. The molecule has 23 heavy (non-hydrogen) atoms. The number of nitrogens with one attached hydrogen (secondary N) is 1. The summed E-state index contributed by atoms with van der Waals surface area (Å²) in [4.78, 5) is 9.32. The summed E-state index contributed by atoms with van der Waals surface area (Å²) in [6, 6.07) is 3.07. The largest absolute Gasteiger partial charge is 0.317 e. The van der Waals surface area contributed by atoms with E-state index in [0.29, 0.717) is 18.8 Å². The fourth-order valence-corrected chi connectivity index (χ4v) is 4.40. The highest BCUT2D eigenvalue weighted by atomic mass is 32.2. The molecule has 0 spiro atoms. The number of piperidine rings is 1. The van der Waals surface area contributed by atoms with Gasteiger partial charge in [-0.25, -0.2) is 12.8 Å². The van der Waals surface area contributed by atoms with E-state index in [1.54, 1.807) is 0 Å². The van der Waals surface area contributed by atoms with Crippen LogP contribution in [0.25, 0.3) is 0 Å². The number of hydrogen-bond donors (Lipinski definition) is 1. The molecule has 1 saturated heterocycles. The van der Waals surface area contributed by atoms with Crippen molar-refractivity contribution >= 4 is 15.7 Å². The van der Waals surface area contributed by atoms with Crippen LogP contribution in [-0.4, -0.2) is 43.8 Å². The molecule has 1 aromatic rings. The molecule has 128 valence electrons. The molecule has 7 nitrogen and oxygen atoms in total. The number of nitro groups is 1. The van der Waals surface area contributed by atoms with Crippen molar-refractivity contribution in [2.75, 3.05) is 26.2 Å². The van der Waals surface area contributed by atoms with Crippen LogP contribution in [0.4, 0.5) is 10.1 Å². The van der Waals surface area contributed by atoms with Crippen LogP contribution in [0.3, 0.4) is 0 Å². The normalized spacial score (nSPS) is 17.3. The number of halogens is 1. The molecule has 0 atom stereocenters. The van der Waals surface area contributed by atoms with Crippen molar-refractivity contribution in [3.05, 3.63) is 34.1 Å². The lowest BCUT2D eigenvalue weighted by atomic mass is 9.98. The average molecular weight is 345 g/mol. The first kappa shape index (κ1) is 17.8. The van der Waals surface area contributed by atoms with Crippen LogP contribution >= 0.6 is 0 Å². The summed E-state index contributed by atoms with van der Waals surface area (Å²) in [5.41, 5.74) is -0.722. The van der Waals surface area contributed by atoms with Gasteiger partial charge in [-0.2, -0.15) is 4.31 Å². The summed E-state index contributed by atoms with van der Waals surface area (Å²) in [5.74, 6) is -0.731. The summed E-state index contributed by atoms with van der Waals surface area (Å²) in [6.45, 7) is 4.13. The van der Waals surface area contributed by atoms with Gasteiger partial charge in [-0.1, -0.05) is 13.0 Å². The van der Waals surface area contributed by atoms with Gasteiger partial charge in [0.25, 0.3) is 15.7 Å². The molecule has 2 rings (SSSR count). The van der Waals surface area contributed by atoms with Crippen molar-refractivity contribution < 1.29 is 17.7 Å². The molecule has 0 saturated carbocycles. The van der Waals surface area contributed by atoms with Crippen molar-refractivity contribution in [1.82, 2.24) is 9.62 Å². The Kier molecular flexibility index (Phi) is 5.66. The molecule has 1 aromatic carbocycles. The number of nitro benzene ring substituents is 1. The molecule has 1 fully saturated rings. The monoisotopic (exact) mass is 345 g/mol. The maximum Gasteiger partial charge on any atom is 0.292 e. The maximum absolute atomic E-state index is 14.0. The van der Waals surface area contributed by atoms with Gasteiger partial charge in [0.2, 0.25) is 0 Å². The van der Waals surface area contributed by atoms with Gasteiger partial charge in [-0.05, 0) is 37.9 Å². The zero-order valence-electron chi connectivity index (χ0n) is 12.9. The van der Waals surface area contributed by atoms with Gasteiger partial charge in [0, 0.05) is 19.2 Å². The van der Waals surface area contributed by atoms with Crippen molar-refractivity contribution in [3.63, 3.8) is 0 Å². The van der Waals surface area contributed by atoms with Crippen LogP contribution < -0.4 is 5.32 Å². The molecule has 0 aliphatic carbocycles. The number of benzene rings is 1. The zero-order chi connectivity index (χ0) is 17.0. The van der Waals surface area contributed by atoms with Crippen molar-refractivity contribution in [1.29, 1.82) is 0 Å². The number of hydrogen-bond acceptors (Lipinski definition) is 5. The van der Waals surface area contributed by atoms with E-state index in [4.69, 9.17) is 0 Å². The van der Waals surface area contributed by atoms with E-state index < -0.39 is 31.3 Å². The predicted molar refractivity (Wildman–Crippen MR) is 83.1 cm³/mol. The second-order valence-corrected chi connectivity index (χ2v) is 7.38.